The number of carbonyl (C=O) groups is 3. The van der Waals surface area contributed by atoms with E-state index in [0.29, 0.717) is 16.9 Å². The van der Waals surface area contributed by atoms with Crippen LogP contribution in [0.4, 0.5) is 18.9 Å². The molecule has 0 aliphatic heterocycles. The Morgan fingerprint density at radius 3 is 2.34 bits per heavy atom. The number of carbonyl (C=O) groups excluding carboxylic acids is 3. The molecule has 0 radical (unpaired) electrons. The minimum absolute atomic E-state index is 0.0207. The van der Waals surface area contributed by atoms with E-state index in [1.54, 1.807) is 20.8 Å². The molecule has 0 atom stereocenters. The molecule has 2 amide bonds. The van der Waals surface area contributed by atoms with E-state index in [1.807, 2.05) is 0 Å². The van der Waals surface area contributed by atoms with Gasteiger partial charge in [-0.2, -0.15) is 0 Å². The molecule has 2 N–H and O–H groups in total. The third-order valence-electron chi connectivity index (χ3n) is 5.94. The van der Waals surface area contributed by atoms with E-state index in [9.17, 15) is 27.6 Å². The second-order valence-corrected chi connectivity index (χ2v) is 8.60. The summed E-state index contributed by atoms with van der Waals surface area (Å²) in [5.74, 6) is -6.04. The molecule has 1 aliphatic rings. The Labute approximate surface area is 188 Å². The number of aromatic nitrogens is 1. The van der Waals surface area contributed by atoms with Crippen LogP contribution in [0, 0.1) is 19.7 Å². The molecule has 32 heavy (non-hydrogen) atoms. The number of anilines is 1. The van der Waals surface area contributed by atoms with Crippen LogP contribution in [0.2, 0.25) is 5.02 Å². The Hall–Kier alpha value is -2.81. The number of halogens is 4. The molecule has 1 aromatic heterocycles. The molecule has 1 heterocycles. The number of nitrogens with zero attached hydrogens (tertiary/aromatic N) is 1. The van der Waals surface area contributed by atoms with Crippen molar-refractivity contribution >= 4 is 34.9 Å². The van der Waals surface area contributed by atoms with Crippen molar-refractivity contribution in [1.29, 1.82) is 0 Å². The van der Waals surface area contributed by atoms with Crippen LogP contribution in [0.5, 0.6) is 0 Å². The Bertz CT molecular complexity index is 1120. The van der Waals surface area contributed by atoms with E-state index >= 15 is 0 Å². The monoisotopic (exact) mass is 469 g/mol. The number of hydrogen-bond acceptors (Lipinski definition) is 3. The number of aryl methyl sites for hydroxylation is 1. The number of amides is 2. The molecule has 0 unspecified atom stereocenters. The van der Waals surface area contributed by atoms with Gasteiger partial charge in [-0.3, -0.25) is 14.4 Å². The van der Waals surface area contributed by atoms with Gasteiger partial charge in [-0.25, -0.2) is 13.2 Å². The molecular formula is C22H23ClF3N3O3. The van der Waals surface area contributed by atoms with Crippen LogP contribution in [0.3, 0.4) is 0 Å². The van der Waals surface area contributed by atoms with Gasteiger partial charge in [0.25, 0.3) is 23.5 Å². The predicted octanol–water partition coefficient (Wildman–Crippen LogP) is 4.56. The van der Waals surface area contributed by atoms with Crippen LogP contribution in [0.1, 0.15) is 58.3 Å². The molecule has 1 fully saturated rings. The predicted molar refractivity (Wildman–Crippen MR) is 114 cm³/mol. The zero-order chi connectivity index (χ0) is 24.0. The smallest absolute Gasteiger partial charge is 0.294 e. The summed E-state index contributed by atoms with van der Waals surface area (Å²) < 4.78 is 41.5. The third kappa shape index (κ3) is 4.26. The number of rotatable bonds is 6. The van der Waals surface area contributed by atoms with Crippen LogP contribution >= 0.6 is 11.6 Å². The largest absolute Gasteiger partial charge is 0.343 e. The van der Waals surface area contributed by atoms with Crippen molar-refractivity contribution in [2.75, 3.05) is 5.32 Å². The van der Waals surface area contributed by atoms with E-state index in [4.69, 9.17) is 11.6 Å². The molecule has 1 aliphatic carbocycles. The summed E-state index contributed by atoms with van der Waals surface area (Å²) >= 11 is 6.33. The van der Waals surface area contributed by atoms with Crippen molar-refractivity contribution in [3.8, 4) is 0 Å². The average Bonchev–Trinajstić information content (AvgIpc) is 2.91. The third-order valence-corrected chi connectivity index (χ3v) is 6.31. The highest BCUT2D eigenvalue weighted by atomic mass is 35.5. The number of alkyl halides is 2. The SMILES string of the molecule is CCC1(NC(=O)C(=O)c2c(Cl)c(C(=O)Nc3ccc(F)c(C)c3)c(C)n2C)CC(F)(F)C1. The normalized spacial score (nSPS) is 16.2. The summed E-state index contributed by atoms with van der Waals surface area (Å²) in [6.07, 6.45) is -0.841. The first-order chi connectivity index (χ1) is 14.8. The maximum Gasteiger partial charge on any atom is 0.294 e. The number of Topliss-reactive ketones (excluding diaryl/α,β-unsaturated/α-hetero) is 1. The van der Waals surface area contributed by atoms with E-state index in [0.717, 1.165) is 0 Å². The van der Waals surface area contributed by atoms with Crippen LogP contribution in [0.15, 0.2) is 18.2 Å². The first kappa shape index (κ1) is 23.8. The molecule has 0 spiro atoms. The van der Waals surface area contributed by atoms with Crippen LogP contribution in [-0.2, 0) is 11.8 Å². The van der Waals surface area contributed by atoms with Crippen molar-refractivity contribution in [1.82, 2.24) is 9.88 Å². The topological polar surface area (TPSA) is 80.2 Å². The number of benzene rings is 1. The summed E-state index contributed by atoms with van der Waals surface area (Å²) in [5, 5.41) is 4.78. The quantitative estimate of drug-likeness (QED) is 0.480. The fourth-order valence-corrected chi connectivity index (χ4v) is 4.40. The Balaban J connectivity index is 1.85. The molecule has 2 aromatic rings. The van der Waals surface area contributed by atoms with Crippen LogP contribution in [0.25, 0.3) is 0 Å². The first-order valence-electron chi connectivity index (χ1n) is 9.98. The van der Waals surface area contributed by atoms with E-state index in [2.05, 4.69) is 10.6 Å². The maximum atomic E-state index is 13.5. The van der Waals surface area contributed by atoms with Crippen LogP contribution in [-0.4, -0.2) is 33.6 Å². The average molecular weight is 470 g/mol. The van der Waals surface area contributed by atoms with E-state index < -0.39 is 47.7 Å². The lowest BCUT2D eigenvalue weighted by Gasteiger charge is -2.47. The minimum Gasteiger partial charge on any atom is -0.343 e. The van der Waals surface area contributed by atoms with Crippen molar-refractivity contribution in [2.45, 2.75) is 51.5 Å². The number of hydrogen-bond donors (Lipinski definition) is 2. The van der Waals surface area contributed by atoms with Crippen LogP contribution < -0.4 is 10.6 Å². The molecule has 0 bridgehead atoms. The van der Waals surface area contributed by atoms with Gasteiger partial charge in [-0.15, -0.1) is 0 Å². The zero-order valence-electron chi connectivity index (χ0n) is 18.0. The molecule has 1 aromatic carbocycles. The van der Waals surface area contributed by atoms with Crippen molar-refractivity contribution < 1.29 is 27.6 Å². The fraction of sp³-hybridized carbons (Fsp3) is 0.409. The highest BCUT2D eigenvalue weighted by Crippen LogP contribution is 2.47. The minimum atomic E-state index is -2.88. The Morgan fingerprint density at radius 1 is 1.19 bits per heavy atom. The van der Waals surface area contributed by atoms with E-state index in [1.165, 1.54) is 29.8 Å². The van der Waals surface area contributed by atoms with Gasteiger partial charge in [0.05, 0.1) is 16.1 Å². The fourth-order valence-electron chi connectivity index (χ4n) is 3.96. The molecular weight excluding hydrogens is 447 g/mol. The van der Waals surface area contributed by atoms with Gasteiger partial charge in [0.2, 0.25) is 0 Å². The summed E-state index contributed by atoms with van der Waals surface area (Å²) in [7, 11) is 1.47. The van der Waals surface area contributed by atoms with E-state index in [-0.39, 0.29) is 22.7 Å². The lowest BCUT2D eigenvalue weighted by Crippen LogP contribution is -2.63. The standard InChI is InChI=1S/C22H23ClF3N3O3/c1-5-21(9-22(25,26)10-21)28-20(32)18(30)17-16(23)15(12(3)29(17)4)19(31)27-13-6-7-14(24)11(2)8-13/h6-8H,5,9-10H2,1-4H3,(H,27,31)(H,28,32). The summed E-state index contributed by atoms with van der Waals surface area (Å²) in [6.45, 7) is 4.74. The number of ketones is 1. The summed E-state index contributed by atoms with van der Waals surface area (Å²) in [5.41, 5.74) is -0.411. The van der Waals surface area contributed by atoms with Gasteiger partial charge in [0.15, 0.2) is 0 Å². The molecule has 172 valence electrons. The van der Waals surface area contributed by atoms with Gasteiger partial charge in [0, 0.05) is 31.3 Å². The first-order valence-corrected chi connectivity index (χ1v) is 10.4. The second kappa shape index (κ2) is 8.27. The highest BCUT2D eigenvalue weighted by molar-refractivity contribution is 6.48. The Kier molecular flexibility index (Phi) is 6.16. The van der Waals surface area contributed by atoms with Gasteiger partial charge in [-0.05, 0) is 44.0 Å². The molecule has 0 saturated heterocycles. The zero-order valence-corrected chi connectivity index (χ0v) is 18.8. The van der Waals surface area contributed by atoms with Crippen molar-refractivity contribution in [3.05, 3.63) is 51.6 Å². The summed E-state index contributed by atoms with van der Waals surface area (Å²) in [4.78, 5) is 38.2. The van der Waals surface area contributed by atoms with Gasteiger partial charge in [-0.1, -0.05) is 18.5 Å². The molecule has 3 rings (SSSR count). The molecule has 10 heteroatoms. The lowest BCUT2D eigenvalue weighted by molar-refractivity contribution is -0.145. The van der Waals surface area contributed by atoms with Gasteiger partial charge < -0.3 is 15.2 Å². The highest BCUT2D eigenvalue weighted by Gasteiger charge is 2.56. The number of nitrogens with one attached hydrogen (secondary N) is 2. The lowest BCUT2D eigenvalue weighted by atomic mass is 9.71. The van der Waals surface area contributed by atoms with Crippen molar-refractivity contribution in [3.63, 3.8) is 0 Å². The molecule has 1 saturated carbocycles. The maximum absolute atomic E-state index is 13.5. The Morgan fingerprint density at radius 2 is 1.81 bits per heavy atom. The van der Waals surface area contributed by atoms with Gasteiger partial charge in [0.1, 0.15) is 11.5 Å². The summed E-state index contributed by atoms with van der Waals surface area (Å²) in [6, 6.07) is 4.03. The van der Waals surface area contributed by atoms with Gasteiger partial charge >= 0.3 is 0 Å². The van der Waals surface area contributed by atoms with Crippen molar-refractivity contribution in [2.24, 2.45) is 7.05 Å². The molecule has 6 nitrogen and oxygen atoms in total. The second-order valence-electron chi connectivity index (χ2n) is 8.23.